The van der Waals surface area contributed by atoms with Gasteiger partial charge in [-0.05, 0) is 31.0 Å². The molecule has 1 aromatic carbocycles. The van der Waals surface area contributed by atoms with E-state index in [1.54, 1.807) is 6.07 Å². The Hall–Kier alpha value is -1.48. The average molecular weight is 265 g/mol. The molecule has 0 saturated heterocycles. The van der Waals surface area contributed by atoms with Gasteiger partial charge in [0, 0.05) is 17.7 Å². The lowest BCUT2D eigenvalue weighted by atomic mass is 10.1. The van der Waals surface area contributed by atoms with Crippen molar-refractivity contribution in [2.75, 3.05) is 0 Å². The number of nitrogens with zero attached hydrogens (tertiary/aromatic N) is 2. The summed E-state index contributed by atoms with van der Waals surface area (Å²) in [5.74, 6) is 0.376. The molecule has 0 unspecified atom stereocenters. The van der Waals surface area contributed by atoms with E-state index in [1.165, 1.54) is 12.1 Å². The van der Waals surface area contributed by atoms with Gasteiger partial charge in [0.15, 0.2) is 0 Å². The maximum atomic E-state index is 13.1. The lowest BCUT2D eigenvalue weighted by molar-refractivity contribution is 0.625. The van der Waals surface area contributed by atoms with E-state index in [0.717, 1.165) is 23.2 Å². The standard InChI is InChI=1S/C14H14ClFN2/c1-3-12-9(2)17-13(18-14(12)15)8-10-5-4-6-11(16)7-10/h4-7H,3,8H2,1-2H3. The first-order valence-corrected chi connectivity index (χ1v) is 6.24. The summed E-state index contributed by atoms with van der Waals surface area (Å²) in [5, 5.41) is 0.497. The molecule has 0 aliphatic rings. The Labute approximate surface area is 111 Å². The summed E-state index contributed by atoms with van der Waals surface area (Å²) in [7, 11) is 0. The van der Waals surface area contributed by atoms with Crippen molar-refractivity contribution >= 4 is 11.6 Å². The van der Waals surface area contributed by atoms with E-state index in [-0.39, 0.29) is 5.82 Å². The van der Waals surface area contributed by atoms with E-state index in [2.05, 4.69) is 9.97 Å². The molecule has 0 atom stereocenters. The maximum Gasteiger partial charge on any atom is 0.136 e. The molecule has 0 amide bonds. The molecule has 0 aliphatic carbocycles. The van der Waals surface area contributed by atoms with Gasteiger partial charge in [0.2, 0.25) is 0 Å². The third-order valence-corrected chi connectivity index (χ3v) is 3.13. The van der Waals surface area contributed by atoms with Crippen LogP contribution >= 0.6 is 11.6 Å². The molecule has 0 saturated carbocycles. The third kappa shape index (κ3) is 2.85. The van der Waals surface area contributed by atoms with Gasteiger partial charge < -0.3 is 0 Å². The summed E-state index contributed by atoms with van der Waals surface area (Å²) < 4.78 is 13.1. The van der Waals surface area contributed by atoms with Crippen LogP contribution in [0.3, 0.4) is 0 Å². The molecule has 2 rings (SSSR count). The first-order valence-electron chi connectivity index (χ1n) is 5.86. The highest BCUT2D eigenvalue weighted by Gasteiger charge is 2.09. The molecule has 18 heavy (non-hydrogen) atoms. The van der Waals surface area contributed by atoms with Gasteiger partial charge >= 0.3 is 0 Å². The minimum Gasteiger partial charge on any atom is -0.237 e. The molecule has 0 aliphatic heterocycles. The van der Waals surface area contributed by atoms with Crippen LogP contribution < -0.4 is 0 Å². The monoisotopic (exact) mass is 264 g/mol. The Morgan fingerprint density at radius 2 is 2.06 bits per heavy atom. The fourth-order valence-corrected chi connectivity index (χ4v) is 2.29. The van der Waals surface area contributed by atoms with Crippen LogP contribution in [0, 0.1) is 12.7 Å². The largest absolute Gasteiger partial charge is 0.237 e. The highest BCUT2D eigenvalue weighted by molar-refractivity contribution is 6.30. The van der Waals surface area contributed by atoms with Gasteiger partial charge in [-0.2, -0.15) is 0 Å². The second-order valence-corrected chi connectivity index (χ2v) is 4.51. The first kappa shape index (κ1) is 13.0. The predicted molar refractivity (Wildman–Crippen MR) is 70.4 cm³/mol. The van der Waals surface area contributed by atoms with Crippen LogP contribution in [0.15, 0.2) is 24.3 Å². The summed E-state index contributed by atoms with van der Waals surface area (Å²) in [5.41, 5.74) is 2.71. The molecule has 94 valence electrons. The van der Waals surface area contributed by atoms with E-state index in [9.17, 15) is 4.39 Å². The molecule has 4 heteroatoms. The Morgan fingerprint density at radius 1 is 1.28 bits per heavy atom. The third-order valence-electron chi connectivity index (χ3n) is 2.81. The van der Waals surface area contributed by atoms with E-state index in [1.807, 2.05) is 19.9 Å². The second-order valence-electron chi connectivity index (χ2n) is 4.15. The van der Waals surface area contributed by atoms with Gasteiger partial charge in [0.1, 0.15) is 16.8 Å². The topological polar surface area (TPSA) is 25.8 Å². The van der Waals surface area contributed by atoms with E-state index in [4.69, 9.17) is 11.6 Å². The SMILES string of the molecule is CCc1c(C)nc(Cc2cccc(F)c2)nc1Cl. The van der Waals surface area contributed by atoms with E-state index >= 15 is 0 Å². The van der Waals surface area contributed by atoms with Crippen LogP contribution in [0.5, 0.6) is 0 Å². The average Bonchev–Trinajstić information content (AvgIpc) is 2.28. The van der Waals surface area contributed by atoms with Crippen molar-refractivity contribution in [1.82, 2.24) is 9.97 Å². The molecule has 1 heterocycles. The zero-order valence-electron chi connectivity index (χ0n) is 10.4. The Morgan fingerprint density at radius 3 is 2.67 bits per heavy atom. The fraction of sp³-hybridized carbons (Fsp3) is 0.286. The minimum absolute atomic E-state index is 0.250. The minimum atomic E-state index is -0.250. The summed E-state index contributed by atoms with van der Waals surface area (Å²) in [4.78, 5) is 8.67. The number of hydrogen-bond donors (Lipinski definition) is 0. The molecule has 0 radical (unpaired) electrons. The molecular formula is C14H14ClFN2. The van der Waals surface area contributed by atoms with Crippen LogP contribution in [0.1, 0.15) is 29.6 Å². The fourth-order valence-electron chi connectivity index (χ4n) is 1.93. The van der Waals surface area contributed by atoms with Crippen molar-refractivity contribution in [3.63, 3.8) is 0 Å². The van der Waals surface area contributed by atoms with Gasteiger partial charge in [0.25, 0.3) is 0 Å². The van der Waals surface area contributed by atoms with Crippen LogP contribution in [-0.4, -0.2) is 9.97 Å². The van der Waals surface area contributed by atoms with Crippen molar-refractivity contribution in [2.24, 2.45) is 0 Å². The Balaban J connectivity index is 2.30. The van der Waals surface area contributed by atoms with Gasteiger partial charge in [-0.1, -0.05) is 30.7 Å². The highest BCUT2D eigenvalue weighted by atomic mass is 35.5. The number of aromatic nitrogens is 2. The molecule has 0 fully saturated rings. The number of halogens is 2. The summed E-state index contributed by atoms with van der Waals surface area (Å²) >= 11 is 6.11. The Kier molecular flexibility index (Phi) is 3.92. The molecule has 0 bridgehead atoms. The van der Waals surface area contributed by atoms with Crippen molar-refractivity contribution < 1.29 is 4.39 Å². The molecular weight excluding hydrogens is 251 g/mol. The molecule has 2 aromatic rings. The number of rotatable bonds is 3. The highest BCUT2D eigenvalue weighted by Crippen LogP contribution is 2.18. The predicted octanol–water partition coefficient (Wildman–Crippen LogP) is 3.73. The number of hydrogen-bond acceptors (Lipinski definition) is 2. The smallest absolute Gasteiger partial charge is 0.136 e. The Bertz CT molecular complexity index is 546. The van der Waals surface area contributed by atoms with Crippen LogP contribution in [0.2, 0.25) is 5.15 Å². The summed E-state index contributed by atoms with van der Waals surface area (Å²) in [6.07, 6.45) is 1.30. The normalized spacial score (nSPS) is 10.7. The zero-order chi connectivity index (χ0) is 13.1. The van der Waals surface area contributed by atoms with Gasteiger partial charge in [-0.25, -0.2) is 14.4 Å². The molecule has 1 aromatic heterocycles. The summed E-state index contributed by atoms with van der Waals surface area (Å²) in [6.45, 7) is 3.94. The maximum absolute atomic E-state index is 13.1. The van der Waals surface area contributed by atoms with Crippen LogP contribution in [0.4, 0.5) is 4.39 Å². The van der Waals surface area contributed by atoms with Crippen LogP contribution in [0.25, 0.3) is 0 Å². The lowest BCUT2D eigenvalue weighted by Gasteiger charge is -2.07. The zero-order valence-corrected chi connectivity index (χ0v) is 11.1. The molecule has 0 N–H and O–H groups in total. The van der Waals surface area contributed by atoms with E-state index < -0.39 is 0 Å². The van der Waals surface area contributed by atoms with E-state index in [0.29, 0.717) is 17.4 Å². The van der Waals surface area contributed by atoms with Crippen LogP contribution in [-0.2, 0) is 12.8 Å². The first-order chi connectivity index (χ1) is 8.60. The number of benzene rings is 1. The quantitative estimate of drug-likeness (QED) is 0.790. The van der Waals surface area contributed by atoms with Crippen molar-refractivity contribution in [1.29, 1.82) is 0 Å². The molecule has 0 spiro atoms. The van der Waals surface area contributed by atoms with Crippen molar-refractivity contribution in [3.05, 3.63) is 57.9 Å². The van der Waals surface area contributed by atoms with Crippen molar-refractivity contribution in [2.45, 2.75) is 26.7 Å². The van der Waals surface area contributed by atoms with Gasteiger partial charge in [-0.15, -0.1) is 0 Å². The van der Waals surface area contributed by atoms with Crippen molar-refractivity contribution in [3.8, 4) is 0 Å². The summed E-state index contributed by atoms with van der Waals surface area (Å²) in [6, 6.07) is 6.44. The lowest BCUT2D eigenvalue weighted by Crippen LogP contribution is -2.03. The van der Waals surface area contributed by atoms with Gasteiger partial charge in [0.05, 0.1) is 0 Å². The van der Waals surface area contributed by atoms with Gasteiger partial charge in [-0.3, -0.25) is 0 Å². The number of aryl methyl sites for hydroxylation is 1. The second kappa shape index (κ2) is 5.44. The molecule has 2 nitrogen and oxygen atoms in total.